The van der Waals surface area contributed by atoms with Crippen molar-refractivity contribution in [1.82, 2.24) is 14.9 Å². The van der Waals surface area contributed by atoms with Gasteiger partial charge in [0.15, 0.2) is 0 Å². The van der Waals surface area contributed by atoms with E-state index < -0.39 is 0 Å². The average Bonchev–Trinajstić information content (AvgIpc) is 3.03. The van der Waals surface area contributed by atoms with Gasteiger partial charge in [-0.1, -0.05) is 34.6 Å². The second kappa shape index (κ2) is 7.62. The van der Waals surface area contributed by atoms with Crippen LogP contribution >= 0.6 is 11.3 Å². The number of piperazine rings is 1. The van der Waals surface area contributed by atoms with Crippen molar-refractivity contribution in [2.45, 2.75) is 59.8 Å². The van der Waals surface area contributed by atoms with E-state index >= 15 is 0 Å². The first-order valence-electron chi connectivity index (χ1n) is 10.7. The SMILES string of the molecule is CC1CCc2c(sc3nc(C(C)C)nc(N4CCN(C(=O)C(C)C)CC4)c23)C1. The van der Waals surface area contributed by atoms with Crippen LogP contribution in [0.3, 0.4) is 0 Å². The lowest BCUT2D eigenvalue weighted by molar-refractivity contribution is -0.134. The number of hydrogen-bond donors (Lipinski definition) is 0. The maximum Gasteiger partial charge on any atom is 0.225 e. The minimum atomic E-state index is 0.0655. The van der Waals surface area contributed by atoms with Gasteiger partial charge in [-0.25, -0.2) is 9.97 Å². The highest BCUT2D eigenvalue weighted by atomic mass is 32.1. The van der Waals surface area contributed by atoms with Gasteiger partial charge in [-0.2, -0.15) is 0 Å². The van der Waals surface area contributed by atoms with Crippen LogP contribution in [0.15, 0.2) is 0 Å². The molecule has 3 heterocycles. The van der Waals surface area contributed by atoms with Crippen LogP contribution in [0, 0.1) is 11.8 Å². The monoisotopic (exact) mass is 400 g/mol. The zero-order valence-corrected chi connectivity index (χ0v) is 18.6. The Morgan fingerprint density at radius 1 is 1.11 bits per heavy atom. The van der Waals surface area contributed by atoms with Crippen molar-refractivity contribution in [3.05, 3.63) is 16.3 Å². The Morgan fingerprint density at radius 2 is 1.82 bits per heavy atom. The molecule has 1 saturated heterocycles. The molecule has 0 bridgehead atoms. The lowest BCUT2D eigenvalue weighted by atomic mass is 9.89. The third kappa shape index (κ3) is 3.51. The van der Waals surface area contributed by atoms with Gasteiger partial charge in [0.1, 0.15) is 16.5 Å². The molecule has 1 atom stereocenters. The van der Waals surface area contributed by atoms with E-state index in [2.05, 4.69) is 25.7 Å². The minimum Gasteiger partial charge on any atom is -0.352 e. The van der Waals surface area contributed by atoms with E-state index in [0.717, 1.165) is 55.0 Å². The van der Waals surface area contributed by atoms with Crippen molar-refractivity contribution in [2.75, 3.05) is 31.1 Å². The Bertz CT molecular complexity index is 880. The standard InChI is InChI=1S/C22H32N4OS/c1-13(2)19-23-20(25-8-10-26(11-9-25)22(27)14(3)4)18-16-7-6-15(5)12-17(16)28-21(18)24-19/h13-15H,6-12H2,1-5H3. The number of nitrogens with zero attached hydrogens (tertiary/aromatic N) is 4. The fraction of sp³-hybridized carbons (Fsp3) is 0.682. The van der Waals surface area contributed by atoms with Crippen molar-refractivity contribution in [3.63, 3.8) is 0 Å². The number of amides is 1. The molecule has 0 radical (unpaired) electrons. The molecule has 1 unspecified atom stereocenters. The molecular weight excluding hydrogens is 368 g/mol. The molecule has 1 fully saturated rings. The lowest BCUT2D eigenvalue weighted by Crippen LogP contribution is -2.50. The van der Waals surface area contributed by atoms with E-state index in [1.165, 1.54) is 28.7 Å². The van der Waals surface area contributed by atoms with E-state index in [4.69, 9.17) is 9.97 Å². The average molecular weight is 401 g/mol. The fourth-order valence-corrected chi connectivity index (χ4v) is 5.71. The number of aryl methyl sites for hydroxylation is 1. The first-order chi connectivity index (χ1) is 13.3. The van der Waals surface area contributed by atoms with E-state index in [1.54, 1.807) is 0 Å². The number of aromatic nitrogens is 2. The maximum atomic E-state index is 12.4. The van der Waals surface area contributed by atoms with Crippen LogP contribution in [-0.2, 0) is 17.6 Å². The largest absolute Gasteiger partial charge is 0.352 e. The summed E-state index contributed by atoms with van der Waals surface area (Å²) in [6, 6.07) is 0. The summed E-state index contributed by atoms with van der Waals surface area (Å²) < 4.78 is 0. The molecule has 5 nitrogen and oxygen atoms in total. The van der Waals surface area contributed by atoms with Gasteiger partial charge in [-0.15, -0.1) is 11.3 Å². The van der Waals surface area contributed by atoms with Gasteiger partial charge >= 0.3 is 0 Å². The highest BCUT2D eigenvalue weighted by Crippen LogP contribution is 2.41. The molecule has 6 heteroatoms. The van der Waals surface area contributed by atoms with Gasteiger partial charge in [0, 0.05) is 42.9 Å². The smallest absolute Gasteiger partial charge is 0.225 e. The molecule has 0 spiro atoms. The molecule has 1 amide bonds. The first kappa shape index (κ1) is 19.6. The van der Waals surface area contributed by atoms with E-state index in [0.29, 0.717) is 5.92 Å². The molecule has 2 aromatic rings. The summed E-state index contributed by atoms with van der Waals surface area (Å²) >= 11 is 1.88. The highest BCUT2D eigenvalue weighted by Gasteiger charge is 2.29. The molecule has 0 saturated carbocycles. The van der Waals surface area contributed by atoms with Crippen LogP contribution in [0.5, 0.6) is 0 Å². The Hall–Kier alpha value is -1.69. The van der Waals surface area contributed by atoms with Gasteiger partial charge in [-0.3, -0.25) is 4.79 Å². The Balaban J connectivity index is 1.71. The summed E-state index contributed by atoms with van der Waals surface area (Å²) in [6.45, 7) is 13.9. The summed E-state index contributed by atoms with van der Waals surface area (Å²) in [6.07, 6.45) is 3.56. The Morgan fingerprint density at radius 3 is 2.46 bits per heavy atom. The van der Waals surface area contributed by atoms with E-state index in [9.17, 15) is 4.79 Å². The van der Waals surface area contributed by atoms with Crippen molar-refractivity contribution in [1.29, 1.82) is 0 Å². The van der Waals surface area contributed by atoms with Crippen LogP contribution < -0.4 is 4.90 Å². The normalized spacial score (nSPS) is 20.3. The zero-order valence-electron chi connectivity index (χ0n) is 17.8. The van der Waals surface area contributed by atoms with Gasteiger partial charge in [0.25, 0.3) is 0 Å². The summed E-state index contributed by atoms with van der Waals surface area (Å²) in [4.78, 5) is 29.4. The molecule has 1 aliphatic heterocycles. The quantitative estimate of drug-likeness (QED) is 0.773. The van der Waals surface area contributed by atoms with Crippen molar-refractivity contribution in [2.24, 2.45) is 11.8 Å². The third-order valence-electron chi connectivity index (χ3n) is 6.05. The maximum absolute atomic E-state index is 12.4. The number of rotatable bonds is 3. The van der Waals surface area contributed by atoms with Crippen LogP contribution in [-0.4, -0.2) is 47.0 Å². The van der Waals surface area contributed by atoms with Crippen molar-refractivity contribution < 1.29 is 4.79 Å². The van der Waals surface area contributed by atoms with Crippen molar-refractivity contribution >= 4 is 33.3 Å². The summed E-state index contributed by atoms with van der Waals surface area (Å²) in [5.41, 5.74) is 1.49. The second-order valence-electron chi connectivity index (χ2n) is 9.06. The number of carbonyl (C=O) groups is 1. The highest BCUT2D eigenvalue weighted by molar-refractivity contribution is 7.19. The number of anilines is 1. The molecule has 0 aromatic carbocycles. The van der Waals surface area contributed by atoms with Gasteiger partial charge in [0.2, 0.25) is 5.91 Å². The molecular formula is C22H32N4OS. The topological polar surface area (TPSA) is 49.3 Å². The van der Waals surface area contributed by atoms with E-state index in [-0.39, 0.29) is 11.8 Å². The molecule has 0 N–H and O–H groups in total. The fourth-order valence-electron chi connectivity index (χ4n) is 4.33. The zero-order chi connectivity index (χ0) is 20.0. The Labute approximate surface area is 172 Å². The molecule has 2 aromatic heterocycles. The number of carbonyl (C=O) groups excluding carboxylic acids is 1. The van der Waals surface area contributed by atoms with Gasteiger partial charge < -0.3 is 9.80 Å². The van der Waals surface area contributed by atoms with Crippen LogP contribution in [0.1, 0.15) is 63.2 Å². The van der Waals surface area contributed by atoms with Crippen LogP contribution in [0.2, 0.25) is 0 Å². The predicted molar refractivity (Wildman–Crippen MR) is 116 cm³/mol. The molecule has 4 rings (SSSR count). The summed E-state index contributed by atoms with van der Waals surface area (Å²) in [7, 11) is 0. The first-order valence-corrected chi connectivity index (χ1v) is 11.5. The number of hydrogen-bond acceptors (Lipinski definition) is 5. The second-order valence-corrected chi connectivity index (χ2v) is 10.1. The predicted octanol–water partition coefficient (Wildman–Crippen LogP) is 4.24. The number of thiophene rings is 1. The van der Waals surface area contributed by atoms with Crippen LogP contribution in [0.4, 0.5) is 5.82 Å². The molecule has 152 valence electrons. The van der Waals surface area contributed by atoms with Gasteiger partial charge in [0.05, 0.1) is 5.39 Å². The van der Waals surface area contributed by atoms with E-state index in [1.807, 2.05) is 30.1 Å². The molecule has 28 heavy (non-hydrogen) atoms. The van der Waals surface area contributed by atoms with Crippen LogP contribution in [0.25, 0.3) is 10.2 Å². The number of fused-ring (bicyclic) bond motifs is 3. The minimum absolute atomic E-state index is 0.0655. The summed E-state index contributed by atoms with van der Waals surface area (Å²) in [5.74, 6) is 3.44. The molecule has 2 aliphatic rings. The summed E-state index contributed by atoms with van der Waals surface area (Å²) in [5, 5.41) is 1.29. The Kier molecular flexibility index (Phi) is 5.34. The molecule has 1 aliphatic carbocycles. The lowest BCUT2D eigenvalue weighted by Gasteiger charge is -2.36. The third-order valence-corrected chi connectivity index (χ3v) is 7.20. The van der Waals surface area contributed by atoms with Gasteiger partial charge in [-0.05, 0) is 30.7 Å². The van der Waals surface area contributed by atoms with Crippen molar-refractivity contribution in [3.8, 4) is 0 Å².